The van der Waals surface area contributed by atoms with Crippen LogP contribution < -0.4 is 9.75 Å². The minimum absolute atomic E-state index is 0.0700. The number of hydrogen-bond acceptors (Lipinski definition) is 5. The van der Waals surface area contributed by atoms with Crippen LogP contribution in [0, 0.1) is 12.7 Å². The van der Waals surface area contributed by atoms with E-state index in [1.165, 1.54) is 18.7 Å². The van der Waals surface area contributed by atoms with Crippen LogP contribution in [0.4, 0.5) is 9.52 Å². The molecule has 1 aromatic heterocycles. The number of aryl methyl sites for hydroxylation is 1. The molecule has 0 radical (unpaired) electrons. The monoisotopic (exact) mass is 477 g/mol. The van der Waals surface area contributed by atoms with Crippen LogP contribution in [-0.4, -0.2) is 17.8 Å². The second-order valence-corrected chi connectivity index (χ2v) is 9.17. The largest absolute Gasteiger partial charge is 0.494 e. The van der Waals surface area contributed by atoms with Gasteiger partial charge in [-0.1, -0.05) is 53.6 Å². The van der Waals surface area contributed by atoms with Gasteiger partial charge >= 0.3 is 0 Å². The van der Waals surface area contributed by atoms with Crippen LogP contribution in [0.25, 0.3) is 11.3 Å². The minimum Gasteiger partial charge on any atom is -0.494 e. The minimum atomic E-state index is -0.407. The number of aromatic nitrogens is 1. The van der Waals surface area contributed by atoms with Gasteiger partial charge in [0.2, 0.25) is 5.13 Å². The molecular formula is C26H21ClFN3OS. The van der Waals surface area contributed by atoms with Crippen molar-refractivity contribution in [3.05, 3.63) is 99.6 Å². The van der Waals surface area contributed by atoms with Crippen molar-refractivity contribution in [1.29, 1.82) is 0 Å². The van der Waals surface area contributed by atoms with Gasteiger partial charge < -0.3 is 4.74 Å². The number of ether oxygens (including phenoxy) is 1. The summed E-state index contributed by atoms with van der Waals surface area (Å²) >= 11 is 7.66. The lowest BCUT2D eigenvalue weighted by Crippen LogP contribution is -2.18. The molecule has 5 rings (SSSR count). The summed E-state index contributed by atoms with van der Waals surface area (Å²) in [5.74, 6) is -0.193. The topological polar surface area (TPSA) is 37.7 Å². The summed E-state index contributed by atoms with van der Waals surface area (Å²) < 4.78 is 19.5. The molecule has 0 N–H and O–H groups in total. The highest BCUT2D eigenvalue weighted by Gasteiger charge is 2.32. The van der Waals surface area contributed by atoms with E-state index in [-0.39, 0.29) is 11.8 Å². The van der Waals surface area contributed by atoms with Gasteiger partial charge in [-0.3, -0.25) is 0 Å². The molecule has 1 aliphatic rings. The fourth-order valence-electron chi connectivity index (χ4n) is 3.88. The smallest absolute Gasteiger partial charge is 0.207 e. The zero-order chi connectivity index (χ0) is 22.9. The molecule has 0 spiro atoms. The fraction of sp³-hybridized carbons (Fsp3) is 0.154. The van der Waals surface area contributed by atoms with Crippen LogP contribution in [0.3, 0.4) is 0 Å². The van der Waals surface area contributed by atoms with E-state index in [1.807, 2.05) is 40.7 Å². The molecule has 1 atom stereocenters. The highest BCUT2D eigenvalue weighted by Crippen LogP contribution is 2.40. The fourth-order valence-corrected chi connectivity index (χ4v) is 4.84. The van der Waals surface area contributed by atoms with Crippen LogP contribution in [0.1, 0.15) is 29.2 Å². The quantitative estimate of drug-likeness (QED) is 0.303. The summed E-state index contributed by atoms with van der Waals surface area (Å²) in [6.07, 6.45) is 0.618. The number of hydrazone groups is 1. The third kappa shape index (κ3) is 4.36. The first-order chi connectivity index (χ1) is 16.0. The van der Waals surface area contributed by atoms with Crippen molar-refractivity contribution in [3.8, 4) is 17.0 Å². The molecule has 4 aromatic rings. The lowest BCUT2D eigenvalue weighted by Gasteiger charge is -2.21. The zero-order valence-electron chi connectivity index (χ0n) is 18.1. The van der Waals surface area contributed by atoms with Crippen molar-refractivity contribution in [2.45, 2.75) is 19.4 Å². The van der Waals surface area contributed by atoms with Gasteiger partial charge in [0.1, 0.15) is 0 Å². The van der Waals surface area contributed by atoms with Crippen molar-refractivity contribution in [3.63, 3.8) is 0 Å². The molecule has 0 amide bonds. The maximum Gasteiger partial charge on any atom is 0.207 e. The molecule has 1 aliphatic heterocycles. The standard InChI is InChI=1S/C26H21ClFN3OS/c1-16-3-5-17(6-4-16)23-15-33-26(29-23)31-24(18-7-10-20(27)11-8-18)14-22(30-31)19-9-12-25(32-2)21(28)13-19/h3-13,15,24H,14H2,1-2H3. The highest BCUT2D eigenvalue weighted by molar-refractivity contribution is 7.14. The van der Waals surface area contributed by atoms with E-state index in [0.29, 0.717) is 11.4 Å². The van der Waals surface area contributed by atoms with Crippen molar-refractivity contribution < 1.29 is 9.13 Å². The van der Waals surface area contributed by atoms with Gasteiger partial charge in [-0.25, -0.2) is 14.4 Å². The van der Waals surface area contributed by atoms with Gasteiger partial charge in [-0.05, 0) is 42.8 Å². The summed E-state index contributed by atoms with van der Waals surface area (Å²) in [7, 11) is 1.46. The first-order valence-electron chi connectivity index (χ1n) is 10.5. The van der Waals surface area contributed by atoms with E-state index in [1.54, 1.807) is 17.4 Å². The number of nitrogens with zero attached hydrogens (tertiary/aromatic N) is 3. The number of benzene rings is 3. The maximum atomic E-state index is 14.4. The first-order valence-corrected chi connectivity index (χ1v) is 11.8. The van der Waals surface area contributed by atoms with Crippen molar-refractivity contribution >= 4 is 33.8 Å². The molecule has 3 aromatic carbocycles. The second-order valence-electron chi connectivity index (χ2n) is 7.89. The summed E-state index contributed by atoms with van der Waals surface area (Å²) in [6, 6.07) is 20.9. The van der Waals surface area contributed by atoms with Gasteiger partial charge in [0.15, 0.2) is 11.6 Å². The van der Waals surface area contributed by atoms with Crippen LogP contribution in [-0.2, 0) is 0 Å². The number of thiazole rings is 1. The van der Waals surface area contributed by atoms with Crippen molar-refractivity contribution in [1.82, 2.24) is 4.98 Å². The summed E-state index contributed by atoms with van der Waals surface area (Å²) in [5.41, 5.74) is 5.76. The predicted octanol–water partition coefficient (Wildman–Crippen LogP) is 7.28. The Morgan fingerprint density at radius 2 is 1.76 bits per heavy atom. The molecule has 7 heteroatoms. The Labute approximate surface area is 200 Å². The van der Waals surface area contributed by atoms with E-state index in [0.717, 1.165) is 33.2 Å². The Balaban J connectivity index is 1.53. The van der Waals surface area contributed by atoms with Crippen LogP contribution in [0.2, 0.25) is 5.02 Å². The third-order valence-electron chi connectivity index (χ3n) is 5.69. The molecule has 4 nitrogen and oxygen atoms in total. The van der Waals surface area contributed by atoms with E-state index in [2.05, 4.69) is 31.2 Å². The summed E-state index contributed by atoms with van der Waals surface area (Å²) in [4.78, 5) is 4.88. The number of hydrogen-bond donors (Lipinski definition) is 0. The summed E-state index contributed by atoms with van der Waals surface area (Å²) in [5, 5.41) is 10.3. The Morgan fingerprint density at radius 3 is 2.45 bits per heavy atom. The van der Waals surface area contributed by atoms with E-state index in [9.17, 15) is 4.39 Å². The molecule has 33 heavy (non-hydrogen) atoms. The van der Waals surface area contributed by atoms with Crippen molar-refractivity contribution in [2.75, 3.05) is 12.1 Å². The predicted molar refractivity (Wildman–Crippen MR) is 133 cm³/mol. The maximum absolute atomic E-state index is 14.4. The first kappa shape index (κ1) is 21.6. The second kappa shape index (κ2) is 8.96. The molecule has 0 bridgehead atoms. The number of halogens is 2. The Hall–Kier alpha value is -3.22. The number of anilines is 1. The lowest BCUT2D eigenvalue weighted by atomic mass is 9.98. The average Bonchev–Trinajstić information content (AvgIpc) is 3.48. The molecule has 0 fully saturated rings. The van der Waals surface area contributed by atoms with Crippen LogP contribution in [0.5, 0.6) is 5.75 Å². The van der Waals surface area contributed by atoms with E-state index in [4.69, 9.17) is 26.4 Å². The molecule has 0 saturated carbocycles. The zero-order valence-corrected chi connectivity index (χ0v) is 19.7. The average molecular weight is 478 g/mol. The third-order valence-corrected chi connectivity index (χ3v) is 6.77. The van der Waals surface area contributed by atoms with Gasteiger partial charge in [0, 0.05) is 28.0 Å². The van der Waals surface area contributed by atoms with Crippen molar-refractivity contribution in [2.24, 2.45) is 5.10 Å². The van der Waals surface area contributed by atoms with Gasteiger partial charge in [-0.2, -0.15) is 5.10 Å². The van der Waals surface area contributed by atoms with E-state index >= 15 is 0 Å². The molecular weight excluding hydrogens is 457 g/mol. The number of methoxy groups -OCH3 is 1. The van der Waals surface area contributed by atoms with Gasteiger partial charge in [-0.15, -0.1) is 11.3 Å². The molecule has 166 valence electrons. The lowest BCUT2D eigenvalue weighted by molar-refractivity contribution is 0.386. The molecule has 1 unspecified atom stereocenters. The summed E-state index contributed by atoms with van der Waals surface area (Å²) in [6.45, 7) is 2.06. The molecule has 0 aliphatic carbocycles. The molecule has 2 heterocycles. The Kier molecular flexibility index (Phi) is 5.87. The van der Waals surface area contributed by atoms with Crippen LogP contribution in [0.15, 0.2) is 77.2 Å². The molecule has 0 saturated heterocycles. The SMILES string of the molecule is COc1ccc(C2=NN(c3nc(-c4ccc(C)cc4)cs3)C(c3ccc(Cl)cc3)C2)cc1F. The van der Waals surface area contributed by atoms with Gasteiger partial charge in [0.25, 0.3) is 0 Å². The number of rotatable bonds is 5. The highest BCUT2D eigenvalue weighted by atomic mass is 35.5. The normalized spacial score (nSPS) is 15.6. The van der Waals surface area contributed by atoms with E-state index < -0.39 is 5.82 Å². The van der Waals surface area contributed by atoms with Crippen LogP contribution >= 0.6 is 22.9 Å². The Morgan fingerprint density at radius 1 is 1.03 bits per heavy atom. The van der Waals surface area contributed by atoms with Gasteiger partial charge in [0.05, 0.1) is 24.6 Å². The Bertz CT molecular complexity index is 1320.